The summed E-state index contributed by atoms with van der Waals surface area (Å²) in [5, 5.41) is 1.27. The van der Waals surface area contributed by atoms with Crippen LogP contribution in [0, 0.1) is 11.8 Å². The minimum absolute atomic E-state index is 0.00422. The number of aromatic amines is 1. The molecule has 1 aromatic carbocycles. The number of hydrogen-bond donors (Lipinski definition) is 2. The lowest BCUT2D eigenvalue weighted by atomic mass is 9.80. The molecule has 0 aliphatic heterocycles. The number of carbonyl (C=O) groups is 1. The first-order chi connectivity index (χ1) is 13.1. The predicted molar refractivity (Wildman–Crippen MR) is 109 cm³/mol. The standard InChI is InChI=1S/C22H24N4O/c1-14-10-16-13-25-20-5-3-4-18(21(16)20)19(14)11-15(12-23)22(27)26(2)17-6-8-24-9-7-17/h3-9,11,13-15,25H,10,12,23H2,1-2H3/b19-11+/t14-,15-/m1/s1. The van der Waals surface area contributed by atoms with Crippen LogP contribution in [0.4, 0.5) is 5.69 Å². The lowest BCUT2D eigenvalue weighted by Gasteiger charge is -2.26. The average molecular weight is 360 g/mol. The Balaban J connectivity index is 1.72. The maximum atomic E-state index is 13.1. The SMILES string of the molecule is C[C@@H]1Cc2c[nH]c3cccc(c23)/C1=C/[C@H](CN)C(=O)N(C)c1ccncc1. The van der Waals surface area contributed by atoms with Gasteiger partial charge in [-0.15, -0.1) is 0 Å². The highest BCUT2D eigenvalue weighted by Crippen LogP contribution is 2.40. The van der Waals surface area contributed by atoms with Gasteiger partial charge in [-0.05, 0) is 47.2 Å². The molecule has 3 aromatic rings. The lowest BCUT2D eigenvalue weighted by Crippen LogP contribution is -2.36. The summed E-state index contributed by atoms with van der Waals surface area (Å²) in [4.78, 5) is 22.1. The highest BCUT2D eigenvalue weighted by molar-refractivity contribution is 6.00. The summed E-state index contributed by atoms with van der Waals surface area (Å²) in [6, 6.07) is 9.96. The van der Waals surface area contributed by atoms with Crippen molar-refractivity contribution in [2.45, 2.75) is 13.3 Å². The van der Waals surface area contributed by atoms with Crippen LogP contribution in [-0.4, -0.2) is 29.5 Å². The Bertz CT molecular complexity index is 1010. The maximum absolute atomic E-state index is 13.1. The molecule has 2 atom stereocenters. The first kappa shape index (κ1) is 17.5. The van der Waals surface area contributed by atoms with Gasteiger partial charge in [-0.3, -0.25) is 9.78 Å². The molecule has 1 aliphatic carbocycles. The minimum Gasteiger partial charge on any atom is -0.361 e. The first-order valence-corrected chi connectivity index (χ1v) is 9.29. The van der Waals surface area contributed by atoms with Crippen molar-refractivity contribution < 1.29 is 4.79 Å². The fraction of sp³-hybridized carbons (Fsp3) is 0.273. The third-order valence-corrected chi connectivity index (χ3v) is 5.49. The number of H-pyrrole nitrogens is 1. The van der Waals surface area contributed by atoms with Gasteiger partial charge in [0.05, 0.1) is 5.92 Å². The van der Waals surface area contributed by atoms with Crippen LogP contribution in [0.5, 0.6) is 0 Å². The molecule has 27 heavy (non-hydrogen) atoms. The number of nitrogens with two attached hydrogens (primary N) is 1. The van der Waals surface area contributed by atoms with Crippen LogP contribution < -0.4 is 10.6 Å². The first-order valence-electron chi connectivity index (χ1n) is 9.29. The Morgan fingerprint density at radius 2 is 2.15 bits per heavy atom. The predicted octanol–water partition coefficient (Wildman–Crippen LogP) is 3.38. The van der Waals surface area contributed by atoms with Crippen LogP contribution in [0.25, 0.3) is 16.5 Å². The summed E-state index contributed by atoms with van der Waals surface area (Å²) in [5.41, 5.74) is 11.7. The molecule has 0 saturated carbocycles. The van der Waals surface area contributed by atoms with E-state index in [0.717, 1.165) is 17.6 Å². The van der Waals surface area contributed by atoms with E-state index in [2.05, 4.69) is 47.4 Å². The molecule has 0 unspecified atom stereocenters. The molecular formula is C22H24N4O. The van der Waals surface area contributed by atoms with Gasteiger partial charge in [0.15, 0.2) is 0 Å². The second-order valence-corrected chi connectivity index (χ2v) is 7.21. The zero-order chi connectivity index (χ0) is 19.0. The molecule has 0 bridgehead atoms. The highest BCUT2D eigenvalue weighted by atomic mass is 16.2. The zero-order valence-electron chi connectivity index (χ0n) is 15.6. The van der Waals surface area contributed by atoms with E-state index in [1.54, 1.807) is 24.3 Å². The van der Waals surface area contributed by atoms with Gasteiger partial charge in [-0.1, -0.05) is 25.1 Å². The molecule has 5 nitrogen and oxygen atoms in total. The van der Waals surface area contributed by atoms with Crippen molar-refractivity contribution in [1.29, 1.82) is 0 Å². The number of nitrogens with one attached hydrogen (secondary N) is 1. The molecule has 4 rings (SSSR count). The molecule has 0 radical (unpaired) electrons. The van der Waals surface area contributed by atoms with Gasteiger partial charge in [-0.25, -0.2) is 0 Å². The van der Waals surface area contributed by atoms with Crippen LogP contribution in [-0.2, 0) is 11.2 Å². The van der Waals surface area contributed by atoms with Crippen molar-refractivity contribution in [3.8, 4) is 0 Å². The van der Waals surface area contributed by atoms with E-state index in [1.165, 1.54) is 22.1 Å². The molecule has 0 saturated heterocycles. The maximum Gasteiger partial charge on any atom is 0.234 e. The van der Waals surface area contributed by atoms with Crippen LogP contribution in [0.1, 0.15) is 18.1 Å². The van der Waals surface area contributed by atoms with Crippen molar-refractivity contribution in [2.24, 2.45) is 17.6 Å². The van der Waals surface area contributed by atoms with Crippen molar-refractivity contribution in [3.05, 3.63) is 66.1 Å². The molecule has 1 aliphatic rings. The Kier molecular flexibility index (Phi) is 4.54. The van der Waals surface area contributed by atoms with Gasteiger partial charge < -0.3 is 15.6 Å². The molecular weight excluding hydrogens is 336 g/mol. The van der Waals surface area contributed by atoms with Gasteiger partial charge in [0.2, 0.25) is 5.91 Å². The smallest absolute Gasteiger partial charge is 0.234 e. The third-order valence-electron chi connectivity index (χ3n) is 5.49. The van der Waals surface area contributed by atoms with Crippen LogP contribution in [0.15, 0.2) is 55.0 Å². The number of pyridine rings is 1. The number of hydrogen-bond acceptors (Lipinski definition) is 3. The van der Waals surface area contributed by atoms with E-state index in [0.29, 0.717) is 5.92 Å². The van der Waals surface area contributed by atoms with Gasteiger partial charge in [0.25, 0.3) is 0 Å². The molecule has 0 spiro atoms. The lowest BCUT2D eigenvalue weighted by molar-refractivity contribution is -0.120. The quantitative estimate of drug-likeness (QED) is 0.749. The topological polar surface area (TPSA) is 75.0 Å². The Morgan fingerprint density at radius 1 is 1.37 bits per heavy atom. The van der Waals surface area contributed by atoms with Crippen LogP contribution in [0.3, 0.4) is 0 Å². The molecule has 3 N–H and O–H groups in total. The van der Waals surface area contributed by atoms with Crippen molar-refractivity contribution in [2.75, 3.05) is 18.5 Å². The Labute approximate surface area is 158 Å². The van der Waals surface area contributed by atoms with E-state index in [1.807, 2.05) is 12.1 Å². The third kappa shape index (κ3) is 3.04. The van der Waals surface area contributed by atoms with Gasteiger partial charge in [-0.2, -0.15) is 0 Å². The summed E-state index contributed by atoms with van der Waals surface area (Å²) >= 11 is 0. The van der Waals surface area contributed by atoms with Crippen LogP contribution in [0.2, 0.25) is 0 Å². The van der Waals surface area contributed by atoms with Crippen molar-refractivity contribution in [3.63, 3.8) is 0 Å². The van der Waals surface area contributed by atoms with E-state index in [-0.39, 0.29) is 18.4 Å². The number of nitrogens with zero attached hydrogens (tertiary/aromatic N) is 2. The zero-order valence-corrected chi connectivity index (χ0v) is 15.6. The second-order valence-electron chi connectivity index (χ2n) is 7.21. The van der Waals surface area contributed by atoms with Gasteiger partial charge >= 0.3 is 0 Å². The van der Waals surface area contributed by atoms with E-state index in [4.69, 9.17) is 5.73 Å². The number of aromatic nitrogens is 2. The van der Waals surface area contributed by atoms with E-state index < -0.39 is 0 Å². The number of benzene rings is 1. The molecule has 138 valence electrons. The molecule has 0 fully saturated rings. The monoisotopic (exact) mass is 360 g/mol. The van der Waals surface area contributed by atoms with E-state index >= 15 is 0 Å². The number of anilines is 1. The van der Waals surface area contributed by atoms with Crippen molar-refractivity contribution >= 4 is 28.1 Å². The molecule has 2 aromatic heterocycles. The van der Waals surface area contributed by atoms with Crippen LogP contribution >= 0.6 is 0 Å². The molecule has 2 heterocycles. The number of amides is 1. The Hall–Kier alpha value is -2.92. The van der Waals surface area contributed by atoms with Gasteiger partial charge in [0, 0.05) is 48.8 Å². The normalized spacial score (nSPS) is 18.6. The molecule has 1 amide bonds. The van der Waals surface area contributed by atoms with Crippen molar-refractivity contribution in [1.82, 2.24) is 9.97 Å². The summed E-state index contributed by atoms with van der Waals surface area (Å²) in [7, 11) is 1.79. The number of carbonyl (C=O) groups excluding carboxylic acids is 1. The average Bonchev–Trinajstić information content (AvgIpc) is 3.11. The fourth-order valence-corrected chi connectivity index (χ4v) is 4.02. The highest BCUT2D eigenvalue weighted by Gasteiger charge is 2.27. The summed E-state index contributed by atoms with van der Waals surface area (Å²) in [5.74, 6) is -0.0289. The summed E-state index contributed by atoms with van der Waals surface area (Å²) in [6.45, 7) is 2.49. The van der Waals surface area contributed by atoms with E-state index in [9.17, 15) is 4.79 Å². The number of allylic oxidation sites excluding steroid dienone is 1. The summed E-state index contributed by atoms with van der Waals surface area (Å²) < 4.78 is 0. The number of rotatable bonds is 4. The Morgan fingerprint density at radius 3 is 2.89 bits per heavy atom. The minimum atomic E-state index is -0.364. The molecule has 5 heteroatoms. The summed E-state index contributed by atoms with van der Waals surface area (Å²) in [6.07, 6.45) is 8.52. The fourth-order valence-electron chi connectivity index (χ4n) is 4.02. The second kappa shape index (κ2) is 7.00. The van der Waals surface area contributed by atoms with Gasteiger partial charge in [0.1, 0.15) is 0 Å². The largest absolute Gasteiger partial charge is 0.361 e.